The predicted octanol–water partition coefficient (Wildman–Crippen LogP) is 3.43. The Kier molecular flexibility index (Phi) is 6.53. The Morgan fingerprint density at radius 3 is 2.52 bits per heavy atom. The second-order valence-corrected chi connectivity index (χ2v) is 7.41. The summed E-state index contributed by atoms with van der Waals surface area (Å²) < 4.78 is 0. The maximum Gasteiger partial charge on any atom is 0.225 e. The molecule has 2 N–H and O–H groups in total. The van der Waals surface area contributed by atoms with Crippen molar-refractivity contribution >= 4 is 5.91 Å². The summed E-state index contributed by atoms with van der Waals surface area (Å²) in [5.41, 5.74) is 5.86. The molecule has 0 bridgehead atoms. The van der Waals surface area contributed by atoms with E-state index in [1.807, 2.05) is 0 Å². The molecule has 0 spiro atoms. The lowest BCUT2D eigenvalue weighted by molar-refractivity contribution is -0.139. The van der Waals surface area contributed by atoms with Gasteiger partial charge in [0.2, 0.25) is 5.91 Å². The molecule has 1 saturated heterocycles. The number of nitrogens with zero attached hydrogens (tertiary/aromatic N) is 1. The van der Waals surface area contributed by atoms with Crippen molar-refractivity contribution < 1.29 is 4.79 Å². The molecule has 0 aromatic carbocycles. The number of hydrogen-bond acceptors (Lipinski definition) is 2. The Labute approximate surface area is 130 Å². The zero-order valence-corrected chi connectivity index (χ0v) is 14.0. The molecular weight excluding hydrogens is 260 g/mol. The molecule has 2 rings (SSSR count). The Morgan fingerprint density at radius 2 is 1.90 bits per heavy atom. The van der Waals surface area contributed by atoms with Gasteiger partial charge in [0.1, 0.15) is 0 Å². The third kappa shape index (κ3) is 4.45. The Bertz CT molecular complexity index is 323. The van der Waals surface area contributed by atoms with E-state index in [-0.39, 0.29) is 0 Å². The number of rotatable bonds is 5. The van der Waals surface area contributed by atoms with Crippen LogP contribution in [0, 0.1) is 23.7 Å². The van der Waals surface area contributed by atoms with Crippen molar-refractivity contribution in [1.29, 1.82) is 0 Å². The molecule has 1 heterocycles. The molecule has 1 amide bonds. The molecule has 21 heavy (non-hydrogen) atoms. The summed E-state index contributed by atoms with van der Waals surface area (Å²) in [7, 11) is 0. The van der Waals surface area contributed by atoms with E-state index in [9.17, 15) is 4.79 Å². The Balaban J connectivity index is 1.79. The number of nitrogens with two attached hydrogens (primary N) is 1. The topological polar surface area (TPSA) is 46.3 Å². The molecular formula is C18H34N2O. The number of carbonyl (C=O) groups excluding carboxylic acids is 1. The van der Waals surface area contributed by atoms with E-state index in [1.165, 1.54) is 32.1 Å². The molecule has 2 unspecified atom stereocenters. The minimum atomic E-state index is 0.301. The average Bonchev–Trinajstić information content (AvgIpc) is 2.53. The third-order valence-corrected chi connectivity index (χ3v) is 5.89. The fourth-order valence-electron chi connectivity index (χ4n) is 4.11. The first kappa shape index (κ1) is 16.8. The van der Waals surface area contributed by atoms with Crippen LogP contribution in [-0.4, -0.2) is 30.4 Å². The highest BCUT2D eigenvalue weighted by Gasteiger charge is 2.33. The van der Waals surface area contributed by atoms with Gasteiger partial charge in [-0.25, -0.2) is 0 Å². The van der Waals surface area contributed by atoms with E-state index in [0.29, 0.717) is 30.2 Å². The smallest absolute Gasteiger partial charge is 0.225 e. The van der Waals surface area contributed by atoms with E-state index < -0.39 is 0 Å². The van der Waals surface area contributed by atoms with Crippen molar-refractivity contribution in [2.75, 3.05) is 19.6 Å². The molecule has 0 aromatic heterocycles. The summed E-state index contributed by atoms with van der Waals surface area (Å²) in [5, 5.41) is 0. The van der Waals surface area contributed by atoms with Crippen LogP contribution in [0.5, 0.6) is 0 Å². The van der Waals surface area contributed by atoms with E-state index in [4.69, 9.17) is 5.73 Å². The monoisotopic (exact) mass is 294 g/mol. The van der Waals surface area contributed by atoms with E-state index >= 15 is 0 Å². The van der Waals surface area contributed by atoms with Crippen molar-refractivity contribution in [2.45, 2.75) is 65.2 Å². The zero-order valence-electron chi connectivity index (χ0n) is 14.0. The van der Waals surface area contributed by atoms with Gasteiger partial charge >= 0.3 is 0 Å². The van der Waals surface area contributed by atoms with Gasteiger partial charge in [-0.3, -0.25) is 4.79 Å². The lowest BCUT2D eigenvalue weighted by atomic mass is 9.78. The average molecular weight is 294 g/mol. The van der Waals surface area contributed by atoms with Gasteiger partial charge < -0.3 is 10.6 Å². The maximum absolute atomic E-state index is 12.7. The number of unbranched alkanes of at least 4 members (excludes halogenated alkanes) is 1. The standard InChI is InChI=1S/C18H34N2O/c1-3-4-5-15-6-8-16(9-7-15)18(21)20-11-10-14(2)17(12-19)13-20/h14-17H,3-13,19H2,1-2H3. The summed E-state index contributed by atoms with van der Waals surface area (Å²) in [4.78, 5) is 14.8. The van der Waals surface area contributed by atoms with Crippen molar-refractivity contribution in [2.24, 2.45) is 29.4 Å². The van der Waals surface area contributed by atoms with Crippen molar-refractivity contribution in [3.8, 4) is 0 Å². The summed E-state index contributed by atoms with van der Waals surface area (Å²) >= 11 is 0. The molecule has 3 heteroatoms. The number of carbonyl (C=O) groups is 1. The molecule has 1 aliphatic carbocycles. The molecule has 2 fully saturated rings. The molecule has 0 radical (unpaired) electrons. The third-order valence-electron chi connectivity index (χ3n) is 5.89. The lowest BCUT2D eigenvalue weighted by Gasteiger charge is -2.39. The minimum absolute atomic E-state index is 0.301. The van der Waals surface area contributed by atoms with Gasteiger partial charge in [0.15, 0.2) is 0 Å². The van der Waals surface area contributed by atoms with Gasteiger partial charge in [0.05, 0.1) is 0 Å². The first-order valence-electron chi connectivity index (χ1n) is 9.14. The van der Waals surface area contributed by atoms with Crippen molar-refractivity contribution in [3.63, 3.8) is 0 Å². The first-order valence-corrected chi connectivity index (χ1v) is 9.14. The molecule has 2 aliphatic rings. The van der Waals surface area contributed by atoms with Crippen LogP contribution in [-0.2, 0) is 4.79 Å². The molecule has 0 aromatic rings. The normalized spacial score (nSPS) is 34.0. The number of amides is 1. The number of likely N-dealkylation sites (tertiary alicyclic amines) is 1. The quantitative estimate of drug-likeness (QED) is 0.844. The largest absolute Gasteiger partial charge is 0.342 e. The molecule has 1 saturated carbocycles. The maximum atomic E-state index is 12.7. The number of piperidine rings is 1. The summed E-state index contributed by atoms with van der Waals surface area (Å²) in [5.74, 6) is 2.78. The highest BCUT2D eigenvalue weighted by Crippen LogP contribution is 2.34. The second-order valence-electron chi connectivity index (χ2n) is 7.41. The second kappa shape index (κ2) is 8.17. The highest BCUT2D eigenvalue weighted by molar-refractivity contribution is 5.79. The summed E-state index contributed by atoms with van der Waals surface area (Å²) in [6.07, 6.45) is 9.91. The van der Waals surface area contributed by atoms with Gasteiger partial charge in [-0.15, -0.1) is 0 Å². The highest BCUT2D eigenvalue weighted by atomic mass is 16.2. The van der Waals surface area contributed by atoms with E-state index in [2.05, 4.69) is 18.7 Å². The van der Waals surface area contributed by atoms with Crippen LogP contribution >= 0.6 is 0 Å². The van der Waals surface area contributed by atoms with Crippen LogP contribution in [0.15, 0.2) is 0 Å². The summed E-state index contributed by atoms with van der Waals surface area (Å²) in [6, 6.07) is 0. The Hall–Kier alpha value is -0.570. The van der Waals surface area contributed by atoms with Crippen LogP contribution < -0.4 is 5.73 Å². The molecule has 2 atom stereocenters. The lowest BCUT2D eigenvalue weighted by Crippen LogP contribution is -2.48. The van der Waals surface area contributed by atoms with E-state index in [0.717, 1.165) is 38.3 Å². The van der Waals surface area contributed by atoms with Gasteiger partial charge in [-0.2, -0.15) is 0 Å². The fourth-order valence-corrected chi connectivity index (χ4v) is 4.11. The van der Waals surface area contributed by atoms with Crippen molar-refractivity contribution in [3.05, 3.63) is 0 Å². The first-order chi connectivity index (χ1) is 10.2. The predicted molar refractivity (Wildman–Crippen MR) is 87.9 cm³/mol. The molecule has 3 nitrogen and oxygen atoms in total. The van der Waals surface area contributed by atoms with Gasteiger partial charge in [-0.1, -0.05) is 33.1 Å². The minimum Gasteiger partial charge on any atom is -0.342 e. The van der Waals surface area contributed by atoms with E-state index in [1.54, 1.807) is 0 Å². The van der Waals surface area contributed by atoms with Crippen LogP contribution in [0.25, 0.3) is 0 Å². The van der Waals surface area contributed by atoms with Crippen LogP contribution in [0.3, 0.4) is 0 Å². The Morgan fingerprint density at radius 1 is 1.19 bits per heavy atom. The van der Waals surface area contributed by atoms with Crippen molar-refractivity contribution in [1.82, 2.24) is 4.90 Å². The van der Waals surface area contributed by atoms with Crippen LogP contribution in [0.2, 0.25) is 0 Å². The van der Waals surface area contributed by atoms with Gasteiger partial charge in [-0.05, 0) is 56.4 Å². The summed E-state index contributed by atoms with van der Waals surface area (Å²) in [6.45, 7) is 7.10. The van der Waals surface area contributed by atoms with Crippen LogP contribution in [0.4, 0.5) is 0 Å². The number of hydrogen-bond donors (Lipinski definition) is 1. The zero-order chi connectivity index (χ0) is 15.2. The van der Waals surface area contributed by atoms with Gasteiger partial charge in [0, 0.05) is 19.0 Å². The molecule has 1 aliphatic heterocycles. The SMILES string of the molecule is CCCCC1CCC(C(=O)N2CCC(C)C(CN)C2)CC1. The molecule has 122 valence electrons. The fraction of sp³-hybridized carbons (Fsp3) is 0.944. The van der Waals surface area contributed by atoms with Gasteiger partial charge in [0.25, 0.3) is 0 Å². The van der Waals surface area contributed by atoms with Crippen LogP contribution in [0.1, 0.15) is 65.2 Å².